The topological polar surface area (TPSA) is 99.1 Å². The average molecular weight is 390 g/mol. The van der Waals surface area contributed by atoms with Gasteiger partial charge in [-0.15, -0.1) is 0 Å². The number of carbonyl (C=O) groups excluding carboxylic acids is 2. The standard InChI is InChI=1S/C17H17F3O7/c1-9(7-12(21)22)16(23)27-14(15(19)20)13(18)17(24)26-8-10-3-5-11(25-2)6-4-10/h3-6,13-15H,1,7-8H2,2H3,(H,21,22). The first-order valence-corrected chi connectivity index (χ1v) is 7.48. The van der Waals surface area contributed by atoms with Gasteiger partial charge in [-0.2, -0.15) is 0 Å². The lowest BCUT2D eigenvalue weighted by Gasteiger charge is -2.20. The summed E-state index contributed by atoms with van der Waals surface area (Å²) < 4.78 is 53.7. The highest BCUT2D eigenvalue weighted by molar-refractivity contribution is 5.93. The SMILES string of the molecule is C=C(CC(=O)O)C(=O)OC(C(F)F)C(F)C(=O)OCc1ccc(OC)cc1. The minimum absolute atomic E-state index is 0.404. The zero-order valence-corrected chi connectivity index (χ0v) is 14.2. The van der Waals surface area contributed by atoms with Crippen LogP contribution in [0, 0.1) is 0 Å². The van der Waals surface area contributed by atoms with Crippen LogP contribution in [0.1, 0.15) is 12.0 Å². The molecule has 0 bridgehead atoms. The lowest BCUT2D eigenvalue weighted by atomic mass is 10.2. The van der Waals surface area contributed by atoms with Gasteiger partial charge in [-0.3, -0.25) is 4.79 Å². The number of aliphatic carboxylic acids is 1. The van der Waals surface area contributed by atoms with Crippen LogP contribution in [-0.2, 0) is 30.5 Å². The molecule has 10 heteroatoms. The van der Waals surface area contributed by atoms with E-state index in [1.807, 2.05) is 0 Å². The molecule has 27 heavy (non-hydrogen) atoms. The van der Waals surface area contributed by atoms with Crippen LogP contribution < -0.4 is 4.74 Å². The Morgan fingerprint density at radius 2 is 1.74 bits per heavy atom. The monoisotopic (exact) mass is 390 g/mol. The number of carboxylic acid groups (broad SMARTS) is 1. The molecular weight excluding hydrogens is 373 g/mol. The second-order valence-electron chi connectivity index (χ2n) is 5.24. The third-order valence-corrected chi connectivity index (χ3v) is 3.20. The van der Waals surface area contributed by atoms with E-state index >= 15 is 0 Å². The molecule has 0 saturated heterocycles. The smallest absolute Gasteiger partial charge is 0.345 e. The number of carboxylic acids is 1. The van der Waals surface area contributed by atoms with E-state index in [2.05, 4.69) is 16.1 Å². The molecule has 0 aliphatic rings. The summed E-state index contributed by atoms with van der Waals surface area (Å²) in [5.74, 6) is -4.14. The van der Waals surface area contributed by atoms with Gasteiger partial charge in [0, 0.05) is 5.57 Å². The number of hydrogen-bond acceptors (Lipinski definition) is 6. The molecule has 0 heterocycles. The Morgan fingerprint density at radius 3 is 2.22 bits per heavy atom. The first kappa shape index (κ1) is 22.0. The van der Waals surface area contributed by atoms with Crippen LogP contribution in [-0.4, -0.2) is 48.8 Å². The summed E-state index contributed by atoms with van der Waals surface area (Å²) in [4.78, 5) is 33.6. The van der Waals surface area contributed by atoms with E-state index < -0.39 is 55.2 Å². The van der Waals surface area contributed by atoms with Gasteiger partial charge in [0.1, 0.15) is 12.4 Å². The number of hydrogen-bond donors (Lipinski definition) is 1. The molecule has 0 fully saturated rings. The van der Waals surface area contributed by atoms with Gasteiger partial charge in [0.25, 0.3) is 6.43 Å². The maximum atomic E-state index is 14.0. The van der Waals surface area contributed by atoms with Crippen molar-refractivity contribution < 1.29 is 46.9 Å². The fraction of sp³-hybridized carbons (Fsp3) is 0.353. The lowest BCUT2D eigenvalue weighted by Crippen LogP contribution is -2.40. The van der Waals surface area contributed by atoms with Gasteiger partial charge in [0.15, 0.2) is 0 Å². The fourth-order valence-corrected chi connectivity index (χ4v) is 1.79. The van der Waals surface area contributed by atoms with Gasteiger partial charge in [-0.1, -0.05) is 18.7 Å². The maximum absolute atomic E-state index is 14.0. The molecule has 0 amide bonds. The van der Waals surface area contributed by atoms with Crippen molar-refractivity contribution >= 4 is 17.9 Å². The van der Waals surface area contributed by atoms with Gasteiger partial charge in [-0.25, -0.2) is 22.8 Å². The van der Waals surface area contributed by atoms with Crippen molar-refractivity contribution in [2.75, 3.05) is 7.11 Å². The molecule has 0 aromatic heterocycles. The van der Waals surface area contributed by atoms with Crippen molar-refractivity contribution in [2.45, 2.75) is 31.7 Å². The molecule has 2 unspecified atom stereocenters. The van der Waals surface area contributed by atoms with Crippen molar-refractivity contribution in [1.29, 1.82) is 0 Å². The molecule has 1 N–H and O–H groups in total. The minimum Gasteiger partial charge on any atom is -0.497 e. The predicted octanol–water partition coefficient (Wildman–Crippen LogP) is 2.28. The quantitative estimate of drug-likeness (QED) is 0.483. The van der Waals surface area contributed by atoms with E-state index in [-0.39, 0.29) is 0 Å². The first-order chi connectivity index (χ1) is 12.6. The van der Waals surface area contributed by atoms with Crippen molar-refractivity contribution in [3.63, 3.8) is 0 Å². The van der Waals surface area contributed by atoms with Crippen molar-refractivity contribution in [3.8, 4) is 5.75 Å². The molecule has 2 atom stereocenters. The Bertz CT molecular complexity index is 688. The normalized spacial score (nSPS) is 12.8. The average Bonchev–Trinajstić information content (AvgIpc) is 2.62. The number of carbonyl (C=O) groups is 3. The van der Waals surface area contributed by atoms with Crippen LogP contribution in [0.15, 0.2) is 36.4 Å². The Morgan fingerprint density at radius 1 is 1.15 bits per heavy atom. The van der Waals surface area contributed by atoms with Crippen LogP contribution in [0.5, 0.6) is 5.75 Å². The Balaban J connectivity index is 2.68. The van der Waals surface area contributed by atoms with Crippen LogP contribution >= 0.6 is 0 Å². The Hall–Kier alpha value is -3.04. The lowest BCUT2D eigenvalue weighted by molar-refractivity contribution is -0.172. The maximum Gasteiger partial charge on any atom is 0.345 e. The van der Waals surface area contributed by atoms with Gasteiger partial charge >= 0.3 is 17.9 Å². The zero-order valence-electron chi connectivity index (χ0n) is 14.2. The molecular formula is C17H17F3O7. The number of ether oxygens (including phenoxy) is 3. The van der Waals surface area contributed by atoms with Crippen molar-refractivity contribution in [3.05, 3.63) is 42.0 Å². The highest BCUT2D eigenvalue weighted by Crippen LogP contribution is 2.18. The van der Waals surface area contributed by atoms with E-state index in [0.29, 0.717) is 11.3 Å². The van der Waals surface area contributed by atoms with Gasteiger partial charge in [0.05, 0.1) is 13.5 Å². The largest absolute Gasteiger partial charge is 0.497 e. The predicted molar refractivity (Wildman–Crippen MR) is 85.0 cm³/mol. The van der Waals surface area contributed by atoms with E-state index in [1.54, 1.807) is 12.1 Å². The summed E-state index contributed by atoms with van der Waals surface area (Å²) in [7, 11) is 1.44. The number of halogens is 3. The van der Waals surface area contributed by atoms with E-state index in [1.165, 1.54) is 19.2 Å². The summed E-state index contributed by atoms with van der Waals surface area (Å²) in [5, 5.41) is 8.51. The summed E-state index contributed by atoms with van der Waals surface area (Å²) in [6.07, 6.45) is -10.2. The highest BCUT2D eigenvalue weighted by atomic mass is 19.3. The van der Waals surface area contributed by atoms with Crippen LogP contribution in [0.3, 0.4) is 0 Å². The second kappa shape index (κ2) is 10.2. The summed E-state index contributed by atoms with van der Waals surface area (Å²) in [6.45, 7) is 2.65. The molecule has 0 radical (unpaired) electrons. The number of rotatable bonds is 10. The van der Waals surface area contributed by atoms with Crippen LogP contribution in [0.4, 0.5) is 13.2 Å². The van der Waals surface area contributed by atoms with E-state index in [4.69, 9.17) is 9.84 Å². The molecule has 1 aromatic rings. The molecule has 0 saturated carbocycles. The first-order valence-electron chi connectivity index (χ1n) is 7.48. The van der Waals surface area contributed by atoms with Gasteiger partial charge < -0.3 is 19.3 Å². The minimum atomic E-state index is -3.55. The molecule has 0 aliphatic carbocycles. The molecule has 7 nitrogen and oxygen atoms in total. The van der Waals surface area contributed by atoms with Crippen molar-refractivity contribution in [1.82, 2.24) is 0 Å². The summed E-state index contributed by atoms with van der Waals surface area (Å²) in [5.41, 5.74) is -0.233. The van der Waals surface area contributed by atoms with Gasteiger partial charge in [-0.05, 0) is 17.7 Å². The number of esters is 2. The van der Waals surface area contributed by atoms with Crippen LogP contribution in [0.25, 0.3) is 0 Å². The summed E-state index contributed by atoms with van der Waals surface area (Å²) in [6, 6.07) is 6.13. The van der Waals surface area contributed by atoms with E-state index in [0.717, 1.165) is 0 Å². The Labute approximate surface area is 152 Å². The molecule has 0 spiro atoms. The summed E-state index contributed by atoms with van der Waals surface area (Å²) >= 11 is 0. The van der Waals surface area contributed by atoms with Crippen LogP contribution in [0.2, 0.25) is 0 Å². The fourth-order valence-electron chi connectivity index (χ4n) is 1.79. The third kappa shape index (κ3) is 7.00. The zero-order chi connectivity index (χ0) is 20.6. The van der Waals surface area contributed by atoms with Crippen molar-refractivity contribution in [2.24, 2.45) is 0 Å². The Kier molecular flexibility index (Phi) is 8.31. The number of benzene rings is 1. The van der Waals surface area contributed by atoms with E-state index in [9.17, 15) is 27.6 Å². The molecule has 148 valence electrons. The third-order valence-electron chi connectivity index (χ3n) is 3.20. The highest BCUT2D eigenvalue weighted by Gasteiger charge is 2.40. The number of alkyl halides is 3. The molecule has 0 aliphatic heterocycles. The number of methoxy groups -OCH3 is 1. The molecule has 1 rings (SSSR count). The van der Waals surface area contributed by atoms with Gasteiger partial charge in [0.2, 0.25) is 12.3 Å². The molecule has 1 aromatic carbocycles. The second-order valence-corrected chi connectivity index (χ2v) is 5.24.